The predicted molar refractivity (Wildman–Crippen MR) is 82.3 cm³/mol. The molecule has 0 bridgehead atoms. The van der Waals surface area contributed by atoms with Crippen LogP contribution in [0.4, 0.5) is 0 Å². The maximum absolute atomic E-state index is 6.18. The molecule has 1 atom stereocenters. The molecule has 0 aromatic rings. The monoisotopic (exact) mass is 267 g/mol. The molecular formula is C16H33N3. The minimum Gasteiger partial charge on any atom is -0.330 e. The van der Waals surface area contributed by atoms with Gasteiger partial charge in [-0.25, -0.2) is 0 Å². The van der Waals surface area contributed by atoms with Crippen molar-refractivity contribution in [2.75, 3.05) is 40.3 Å². The van der Waals surface area contributed by atoms with E-state index < -0.39 is 0 Å². The Morgan fingerprint density at radius 3 is 2.42 bits per heavy atom. The van der Waals surface area contributed by atoms with Crippen LogP contribution in [0.1, 0.15) is 51.4 Å². The Kier molecular flexibility index (Phi) is 5.67. The summed E-state index contributed by atoms with van der Waals surface area (Å²) in [5, 5.41) is 0. The minimum atomic E-state index is 0.404. The Balaban J connectivity index is 1.92. The van der Waals surface area contributed by atoms with Crippen molar-refractivity contribution in [3.8, 4) is 0 Å². The van der Waals surface area contributed by atoms with Crippen molar-refractivity contribution >= 4 is 0 Å². The molecule has 3 heteroatoms. The Morgan fingerprint density at radius 2 is 1.84 bits per heavy atom. The number of nitrogens with two attached hydrogens (primary N) is 1. The van der Waals surface area contributed by atoms with Gasteiger partial charge in [-0.2, -0.15) is 0 Å². The molecule has 1 heterocycles. The zero-order valence-electron chi connectivity index (χ0n) is 13.0. The fourth-order valence-electron chi connectivity index (χ4n) is 4.06. The second-order valence-corrected chi connectivity index (χ2v) is 7.09. The van der Waals surface area contributed by atoms with Gasteiger partial charge in [0.05, 0.1) is 0 Å². The van der Waals surface area contributed by atoms with E-state index in [1.165, 1.54) is 71.0 Å². The summed E-state index contributed by atoms with van der Waals surface area (Å²) in [4.78, 5) is 5.10. The zero-order valence-corrected chi connectivity index (χ0v) is 13.0. The molecule has 0 spiro atoms. The zero-order chi connectivity index (χ0) is 13.7. The summed E-state index contributed by atoms with van der Waals surface area (Å²) >= 11 is 0. The molecule has 1 saturated carbocycles. The van der Waals surface area contributed by atoms with E-state index in [9.17, 15) is 0 Å². The number of hydrogen-bond donors (Lipinski definition) is 1. The molecule has 2 N–H and O–H groups in total. The van der Waals surface area contributed by atoms with Crippen molar-refractivity contribution in [1.29, 1.82) is 0 Å². The second kappa shape index (κ2) is 7.05. The smallest absolute Gasteiger partial charge is 0.0220 e. The number of piperidine rings is 1. The van der Waals surface area contributed by atoms with E-state index in [1.807, 2.05) is 0 Å². The van der Waals surface area contributed by atoms with Crippen LogP contribution in [0, 0.1) is 5.41 Å². The molecule has 0 radical (unpaired) electrons. The largest absolute Gasteiger partial charge is 0.330 e. The Bertz CT molecular complexity index is 259. The van der Waals surface area contributed by atoms with Crippen molar-refractivity contribution in [1.82, 2.24) is 9.80 Å². The molecule has 0 aromatic heterocycles. The highest BCUT2D eigenvalue weighted by Gasteiger charge is 2.33. The number of hydrogen-bond acceptors (Lipinski definition) is 3. The van der Waals surface area contributed by atoms with Crippen LogP contribution in [0.25, 0.3) is 0 Å². The molecule has 0 amide bonds. The highest BCUT2D eigenvalue weighted by Crippen LogP contribution is 2.35. The quantitative estimate of drug-likeness (QED) is 0.793. The van der Waals surface area contributed by atoms with Crippen molar-refractivity contribution in [3.05, 3.63) is 0 Å². The van der Waals surface area contributed by atoms with Crippen molar-refractivity contribution < 1.29 is 0 Å². The van der Waals surface area contributed by atoms with Gasteiger partial charge in [0.15, 0.2) is 0 Å². The van der Waals surface area contributed by atoms with Gasteiger partial charge in [0.25, 0.3) is 0 Å². The van der Waals surface area contributed by atoms with Crippen LogP contribution in [0.15, 0.2) is 0 Å². The summed E-state index contributed by atoms with van der Waals surface area (Å²) in [7, 11) is 4.58. The van der Waals surface area contributed by atoms with Crippen LogP contribution >= 0.6 is 0 Å². The summed E-state index contributed by atoms with van der Waals surface area (Å²) in [6, 6.07) is 0.741. The standard InChI is InChI=1S/C16H33N3/c1-18-11-7-8-15(12-18)19(2)14-16(13-17)9-5-3-4-6-10-16/h15H,3-14,17H2,1-2H3. The van der Waals surface area contributed by atoms with E-state index in [-0.39, 0.29) is 0 Å². The summed E-state index contributed by atoms with van der Waals surface area (Å²) in [6.07, 6.45) is 11.0. The van der Waals surface area contributed by atoms with Crippen LogP contribution in [-0.4, -0.2) is 56.1 Å². The fourth-order valence-corrected chi connectivity index (χ4v) is 4.06. The van der Waals surface area contributed by atoms with Crippen LogP contribution in [0.3, 0.4) is 0 Å². The van der Waals surface area contributed by atoms with Gasteiger partial charge in [0.2, 0.25) is 0 Å². The molecule has 112 valence electrons. The van der Waals surface area contributed by atoms with Gasteiger partial charge >= 0.3 is 0 Å². The number of rotatable bonds is 4. The molecule has 2 fully saturated rings. The maximum atomic E-state index is 6.18. The fraction of sp³-hybridized carbons (Fsp3) is 1.00. The molecule has 2 aliphatic rings. The average molecular weight is 267 g/mol. The van der Waals surface area contributed by atoms with Gasteiger partial charge in [0, 0.05) is 19.1 Å². The molecule has 1 saturated heterocycles. The van der Waals surface area contributed by atoms with Gasteiger partial charge in [-0.15, -0.1) is 0 Å². The molecule has 1 aliphatic heterocycles. The van der Waals surface area contributed by atoms with E-state index >= 15 is 0 Å². The third-order valence-electron chi connectivity index (χ3n) is 5.40. The Labute approximate surface area is 119 Å². The van der Waals surface area contributed by atoms with E-state index in [4.69, 9.17) is 5.73 Å². The SMILES string of the molecule is CN1CCCC(N(C)CC2(CN)CCCCCC2)C1. The average Bonchev–Trinajstić information content (AvgIpc) is 2.65. The lowest BCUT2D eigenvalue weighted by molar-refractivity contribution is 0.0810. The van der Waals surface area contributed by atoms with Gasteiger partial charge in [0.1, 0.15) is 0 Å². The molecule has 2 rings (SSSR count). The first-order valence-electron chi connectivity index (χ1n) is 8.24. The highest BCUT2D eigenvalue weighted by molar-refractivity contribution is 4.88. The molecule has 1 aliphatic carbocycles. The summed E-state index contributed by atoms with van der Waals surface area (Å²) in [6.45, 7) is 4.59. The lowest BCUT2D eigenvalue weighted by atomic mass is 9.79. The molecule has 19 heavy (non-hydrogen) atoms. The van der Waals surface area contributed by atoms with E-state index in [1.54, 1.807) is 0 Å². The molecular weight excluding hydrogens is 234 g/mol. The number of likely N-dealkylation sites (N-methyl/N-ethyl adjacent to an activating group) is 2. The van der Waals surface area contributed by atoms with Crippen LogP contribution < -0.4 is 5.73 Å². The third-order valence-corrected chi connectivity index (χ3v) is 5.40. The second-order valence-electron chi connectivity index (χ2n) is 7.09. The van der Waals surface area contributed by atoms with Crippen LogP contribution in [-0.2, 0) is 0 Å². The van der Waals surface area contributed by atoms with Gasteiger partial charge in [-0.05, 0) is 58.3 Å². The first-order chi connectivity index (χ1) is 9.15. The van der Waals surface area contributed by atoms with E-state index in [0.29, 0.717) is 5.41 Å². The normalized spacial score (nSPS) is 29.4. The summed E-state index contributed by atoms with van der Waals surface area (Å²) < 4.78 is 0. The maximum Gasteiger partial charge on any atom is 0.0220 e. The first-order valence-corrected chi connectivity index (χ1v) is 8.24. The van der Waals surface area contributed by atoms with E-state index in [0.717, 1.165) is 12.6 Å². The summed E-state index contributed by atoms with van der Waals surface area (Å²) in [5.41, 5.74) is 6.58. The lowest BCUT2D eigenvalue weighted by Crippen LogP contribution is -2.50. The first kappa shape index (κ1) is 15.3. The lowest BCUT2D eigenvalue weighted by Gasteiger charge is -2.42. The van der Waals surface area contributed by atoms with Gasteiger partial charge in [-0.3, -0.25) is 0 Å². The van der Waals surface area contributed by atoms with Crippen molar-refractivity contribution in [3.63, 3.8) is 0 Å². The summed E-state index contributed by atoms with van der Waals surface area (Å²) in [5.74, 6) is 0. The molecule has 1 unspecified atom stereocenters. The third kappa shape index (κ3) is 4.17. The van der Waals surface area contributed by atoms with E-state index in [2.05, 4.69) is 23.9 Å². The Morgan fingerprint density at radius 1 is 1.16 bits per heavy atom. The highest BCUT2D eigenvalue weighted by atomic mass is 15.2. The van der Waals surface area contributed by atoms with Crippen molar-refractivity contribution in [2.24, 2.45) is 11.1 Å². The van der Waals surface area contributed by atoms with Gasteiger partial charge in [-0.1, -0.05) is 25.7 Å². The number of likely N-dealkylation sites (tertiary alicyclic amines) is 1. The minimum absolute atomic E-state index is 0.404. The topological polar surface area (TPSA) is 32.5 Å². The van der Waals surface area contributed by atoms with Crippen LogP contribution in [0.2, 0.25) is 0 Å². The number of nitrogens with zero attached hydrogens (tertiary/aromatic N) is 2. The van der Waals surface area contributed by atoms with Crippen LogP contribution in [0.5, 0.6) is 0 Å². The molecule has 0 aromatic carbocycles. The Hall–Kier alpha value is -0.120. The van der Waals surface area contributed by atoms with Gasteiger partial charge < -0.3 is 15.5 Å². The predicted octanol–water partition coefficient (Wildman–Crippen LogP) is 2.31. The van der Waals surface area contributed by atoms with Crippen molar-refractivity contribution in [2.45, 2.75) is 57.4 Å². The molecule has 3 nitrogen and oxygen atoms in total.